The van der Waals surface area contributed by atoms with E-state index in [0.29, 0.717) is 26.2 Å². The standard InChI is InChI=1S/C14H25F3N2O2/c1-10(14(15,16)17)11(2)18-6-8-19(9-7-18)12(20)21-13(3,4)5/h10-11H,6-9H2,1-5H3. The average molecular weight is 310 g/mol. The molecule has 4 nitrogen and oxygen atoms in total. The lowest BCUT2D eigenvalue weighted by molar-refractivity contribution is -0.186. The quantitative estimate of drug-likeness (QED) is 0.785. The summed E-state index contributed by atoms with van der Waals surface area (Å²) in [6.07, 6.45) is -4.60. The van der Waals surface area contributed by atoms with E-state index >= 15 is 0 Å². The molecular weight excluding hydrogens is 285 g/mol. The van der Waals surface area contributed by atoms with Gasteiger partial charge in [0.25, 0.3) is 0 Å². The Bertz CT molecular complexity index is 358. The number of amides is 1. The van der Waals surface area contributed by atoms with Gasteiger partial charge in [0.15, 0.2) is 0 Å². The van der Waals surface area contributed by atoms with Crippen molar-refractivity contribution in [1.82, 2.24) is 9.80 Å². The molecule has 0 bridgehead atoms. The molecule has 124 valence electrons. The third-order valence-corrected chi connectivity index (χ3v) is 3.78. The number of carbonyl (C=O) groups is 1. The summed E-state index contributed by atoms with van der Waals surface area (Å²) in [5, 5.41) is 0. The molecule has 2 atom stereocenters. The van der Waals surface area contributed by atoms with Crippen molar-refractivity contribution in [2.45, 2.75) is 52.4 Å². The molecule has 0 saturated carbocycles. The van der Waals surface area contributed by atoms with Gasteiger partial charge in [0.2, 0.25) is 0 Å². The Morgan fingerprint density at radius 3 is 1.90 bits per heavy atom. The van der Waals surface area contributed by atoms with Crippen LogP contribution in [0, 0.1) is 5.92 Å². The van der Waals surface area contributed by atoms with Crippen LogP contribution in [-0.2, 0) is 4.74 Å². The number of carbonyl (C=O) groups excluding carboxylic acids is 1. The van der Waals surface area contributed by atoms with Gasteiger partial charge in [-0.25, -0.2) is 4.79 Å². The van der Waals surface area contributed by atoms with E-state index in [1.165, 1.54) is 6.92 Å². The molecule has 0 radical (unpaired) electrons. The van der Waals surface area contributed by atoms with Crippen LogP contribution < -0.4 is 0 Å². The van der Waals surface area contributed by atoms with Crippen molar-refractivity contribution in [1.29, 1.82) is 0 Å². The fraction of sp³-hybridized carbons (Fsp3) is 0.929. The molecule has 1 aliphatic rings. The van der Waals surface area contributed by atoms with Gasteiger partial charge in [-0.05, 0) is 27.7 Å². The number of halogens is 3. The molecule has 7 heteroatoms. The molecular formula is C14H25F3N2O2. The first-order chi connectivity index (χ1) is 9.42. The van der Waals surface area contributed by atoms with E-state index in [4.69, 9.17) is 4.74 Å². The highest BCUT2D eigenvalue weighted by atomic mass is 19.4. The summed E-state index contributed by atoms with van der Waals surface area (Å²) < 4.78 is 43.5. The summed E-state index contributed by atoms with van der Waals surface area (Å²) in [4.78, 5) is 15.2. The fourth-order valence-corrected chi connectivity index (χ4v) is 2.23. The molecule has 2 unspecified atom stereocenters. The molecule has 1 heterocycles. The van der Waals surface area contributed by atoms with Crippen LogP contribution in [0.3, 0.4) is 0 Å². The Hall–Kier alpha value is -0.980. The van der Waals surface area contributed by atoms with Crippen LogP contribution >= 0.6 is 0 Å². The number of nitrogens with zero attached hydrogens (tertiary/aromatic N) is 2. The number of hydrogen-bond donors (Lipinski definition) is 0. The van der Waals surface area contributed by atoms with Crippen LogP contribution in [0.1, 0.15) is 34.6 Å². The summed E-state index contributed by atoms with van der Waals surface area (Å²) in [5.41, 5.74) is -0.563. The fourth-order valence-electron chi connectivity index (χ4n) is 2.23. The lowest BCUT2D eigenvalue weighted by Crippen LogP contribution is -2.54. The summed E-state index contributed by atoms with van der Waals surface area (Å²) in [7, 11) is 0. The lowest BCUT2D eigenvalue weighted by atomic mass is 10.0. The molecule has 1 fully saturated rings. The predicted molar refractivity (Wildman–Crippen MR) is 74.1 cm³/mol. The summed E-state index contributed by atoms with van der Waals surface area (Å²) >= 11 is 0. The minimum atomic E-state index is -4.19. The maximum atomic E-state index is 12.7. The molecule has 0 N–H and O–H groups in total. The van der Waals surface area contributed by atoms with Gasteiger partial charge in [-0.2, -0.15) is 13.2 Å². The highest BCUT2D eigenvalue weighted by Crippen LogP contribution is 2.31. The van der Waals surface area contributed by atoms with E-state index in [-0.39, 0.29) is 0 Å². The molecule has 0 aliphatic carbocycles. The summed E-state index contributed by atoms with van der Waals surface area (Å²) in [5.74, 6) is -1.38. The Balaban J connectivity index is 2.51. The molecule has 0 spiro atoms. The molecule has 0 aromatic heterocycles. The van der Waals surface area contributed by atoms with Gasteiger partial charge in [-0.3, -0.25) is 4.90 Å². The highest BCUT2D eigenvalue weighted by molar-refractivity contribution is 5.68. The van der Waals surface area contributed by atoms with Crippen molar-refractivity contribution in [3.05, 3.63) is 0 Å². The van der Waals surface area contributed by atoms with Crippen LogP contribution in [0.25, 0.3) is 0 Å². The minimum Gasteiger partial charge on any atom is -0.444 e. The first kappa shape index (κ1) is 18.1. The predicted octanol–water partition coefficient (Wildman–Crippen LogP) is 3.13. The van der Waals surface area contributed by atoms with Crippen molar-refractivity contribution >= 4 is 6.09 Å². The highest BCUT2D eigenvalue weighted by Gasteiger charge is 2.42. The van der Waals surface area contributed by atoms with Crippen molar-refractivity contribution in [3.63, 3.8) is 0 Å². The van der Waals surface area contributed by atoms with Crippen molar-refractivity contribution in [2.75, 3.05) is 26.2 Å². The molecule has 0 aromatic rings. The van der Waals surface area contributed by atoms with E-state index in [0.717, 1.165) is 0 Å². The number of alkyl halides is 3. The van der Waals surface area contributed by atoms with Crippen LogP contribution in [0.4, 0.5) is 18.0 Å². The molecule has 1 rings (SSSR count). The number of ether oxygens (including phenoxy) is 1. The van der Waals surface area contributed by atoms with E-state index in [1.807, 2.05) is 0 Å². The van der Waals surface area contributed by atoms with Crippen LogP contribution in [-0.4, -0.2) is 59.9 Å². The van der Waals surface area contributed by atoms with Gasteiger partial charge in [0, 0.05) is 32.2 Å². The largest absolute Gasteiger partial charge is 0.444 e. The normalized spacial score (nSPS) is 21.0. The third kappa shape index (κ3) is 5.37. The monoisotopic (exact) mass is 310 g/mol. The lowest BCUT2D eigenvalue weighted by Gasteiger charge is -2.40. The smallest absolute Gasteiger partial charge is 0.410 e. The number of hydrogen-bond acceptors (Lipinski definition) is 3. The first-order valence-corrected chi connectivity index (χ1v) is 7.20. The second kappa shape index (κ2) is 6.42. The van der Waals surface area contributed by atoms with Gasteiger partial charge in [0.1, 0.15) is 5.60 Å². The molecule has 0 aromatic carbocycles. The van der Waals surface area contributed by atoms with Crippen LogP contribution in [0.15, 0.2) is 0 Å². The minimum absolute atomic E-state index is 0.393. The van der Waals surface area contributed by atoms with Crippen LogP contribution in [0.2, 0.25) is 0 Å². The zero-order valence-corrected chi connectivity index (χ0v) is 13.3. The van der Waals surface area contributed by atoms with Crippen molar-refractivity contribution in [3.8, 4) is 0 Å². The number of piperazine rings is 1. The summed E-state index contributed by atoms with van der Waals surface area (Å²) in [6.45, 7) is 9.79. The Kier molecular flexibility index (Phi) is 5.52. The second-order valence-corrected chi connectivity index (χ2v) is 6.57. The molecule has 1 aliphatic heterocycles. The topological polar surface area (TPSA) is 32.8 Å². The van der Waals surface area contributed by atoms with Crippen molar-refractivity contribution in [2.24, 2.45) is 5.92 Å². The molecule has 21 heavy (non-hydrogen) atoms. The van der Waals surface area contributed by atoms with E-state index < -0.39 is 29.8 Å². The van der Waals surface area contributed by atoms with Crippen molar-refractivity contribution < 1.29 is 22.7 Å². The Morgan fingerprint density at radius 1 is 1.05 bits per heavy atom. The third-order valence-electron chi connectivity index (χ3n) is 3.78. The van der Waals surface area contributed by atoms with Gasteiger partial charge < -0.3 is 9.64 Å². The maximum absolute atomic E-state index is 12.7. The zero-order chi connectivity index (χ0) is 16.4. The number of rotatable bonds is 2. The zero-order valence-electron chi connectivity index (χ0n) is 13.3. The van der Waals surface area contributed by atoms with Crippen LogP contribution in [0.5, 0.6) is 0 Å². The van der Waals surface area contributed by atoms with E-state index in [9.17, 15) is 18.0 Å². The molecule has 1 saturated heterocycles. The average Bonchev–Trinajstić information content (AvgIpc) is 2.34. The SMILES string of the molecule is CC(C(C)C(F)(F)F)N1CCN(C(=O)OC(C)(C)C)CC1. The first-order valence-electron chi connectivity index (χ1n) is 7.20. The van der Waals surface area contributed by atoms with Gasteiger partial charge in [-0.1, -0.05) is 6.92 Å². The Labute approximate surface area is 124 Å². The summed E-state index contributed by atoms with van der Waals surface area (Å²) in [6, 6.07) is -0.592. The van der Waals surface area contributed by atoms with E-state index in [2.05, 4.69) is 0 Å². The van der Waals surface area contributed by atoms with Gasteiger partial charge in [0.05, 0.1) is 5.92 Å². The molecule has 1 amide bonds. The van der Waals surface area contributed by atoms with E-state index in [1.54, 1.807) is 37.5 Å². The second-order valence-electron chi connectivity index (χ2n) is 6.57. The Morgan fingerprint density at radius 2 is 1.52 bits per heavy atom. The van der Waals surface area contributed by atoms with Gasteiger partial charge >= 0.3 is 12.3 Å². The van der Waals surface area contributed by atoms with Gasteiger partial charge in [-0.15, -0.1) is 0 Å². The maximum Gasteiger partial charge on any atom is 0.410 e.